The number of nitrogens with one attached hydrogen (secondary N) is 1. The van der Waals surface area contributed by atoms with Gasteiger partial charge in [0.25, 0.3) is 5.91 Å². The molecule has 1 amide bonds. The molecule has 120 valence electrons. The average Bonchev–Trinajstić information content (AvgIpc) is 2.57. The van der Waals surface area contributed by atoms with Crippen molar-refractivity contribution in [2.24, 2.45) is 0 Å². The second kappa shape index (κ2) is 7.32. The van der Waals surface area contributed by atoms with E-state index in [1.54, 1.807) is 6.07 Å². The van der Waals surface area contributed by atoms with E-state index in [9.17, 15) is 4.79 Å². The number of carbonyl (C=O) groups excluding carboxylic acids is 1. The fraction of sp³-hybridized carbons (Fsp3) is 0.0500. The predicted molar refractivity (Wildman–Crippen MR) is 99.8 cm³/mol. The summed E-state index contributed by atoms with van der Waals surface area (Å²) in [5.41, 5.74) is 2.45. The fourth-order valence-electron chi connectivity index (χ4n) is 2.27. The van der Waals surface area contributed by atoms with E-state index in [4.69, 9.17) is 4.74 Å². The number of benzene rings is 3. The predicted octanol–water partition coefficient (Wildman–Crippen LogP) is 5.80. The molecule has 0 aliphatic carbocycles. The molecular weight excluding hydrogens is 366 g/mol. The summed E-state index contributed by atoms with van der Waals surface area (Å²) in [6.45, 7) is 2.02. The van der Waals surface area contributed by atoms with Crippen LogP contribution in [0.4, 0.5) is 5.69 Å². The molecule has 0 fully saturated rings. The molecule has 3 aromatic carbocycles. The molecule has 0 aliphatic heterocycles. The maximum absolute atomic E-state index is 12.3. The van der Waals surface area contributed by atoms with Crippen molar-refractivity contribution in [2.45, 2.75) is 6.92 Å². The monoisotopic (exact) mass is 381 g/mol. The van der Waals surface area contributed by atoms with Gasteiger partial charge in [0.1, 0.15) is 11.5 Å². The van der Waals surface area contributed by atoms with Crippen LogP contribution in [-0.2, 0) is 0 Å². The van der Waals surface area contributed by atoms with E-state index in [2.05, 4.69) is 21.2 Å². The van der Waals surface area contributed by atoms with Crippen molar-refractivity contribution >= 4 is 27.5 Å². The lowest BCUT2D eigenvalue weighted by Crippen LogP contribution is -2.12. The molecule has 4 heteroatoms. The molecule has 0 saturated carbocycles. The molecule has 1 N–H and O–H groups in total. The topological polar surface area (TPSA) is 38.3 Å². The second-order valence-corrected chi connectivity index (χ2v) is 6.23. The Morgan fingerprint density at radius 2 is 1.67 bits per heavy atom. The Labute approximate surface area is 149 Å². The summed E-state index contributed by atoms with van der Waals surface area (Å²) in [5, 5.41) is 2.87. The highest BCUT2D eigenvalue weighted by atomic mass is 79.9. The van der Waals surface area contributed by atoms with E-state index >= 15 is 0 Å². The smallest absolute Gasteiger partial charge is 0.256 e. The zero-order chi connectivity index (χ0) is 16.9. The zero-order valence-electron chi connectivity index (χ0n) is 13.1. The standard InChI is InChI=1S/C20H16BrNO2/c1-14-5-4-6-17(13-14)24-16-11-9-15(10-12-16)22-20(23)18-7-2-3-8-19(18)21/h2-13H,1H3,(H,22,23). The first-order chi connectivity index (χ1) is 11.6. The van der Waals surface area contributed by atoms with Gasteiger partial charge in [-0.25, -0.2) is 0 Å². The van der Waals surface area contributed by atoms with Crippen molar-refractivity contribution < 1.29 is 9.53 Å². The number of aryl methyl sites for hydroxylation is 1. The summed E-state index contributed by atoms with van der Waals surface area (Å²) in [5.74, 6) is 1.36. The van der Waals surface area contributed by atoms with Gasteiger partial charge in [0.15, 0.2) is 0 Å². The van der Waals surface area contributed by atoms with Crippen LogP contribution in [0.15, 0.2) is 77.3 Å². The van der Waals surface area contributed by atoms with Crippen LogP contribution >= 0.6 is 15.9 Å². The number of carbonyl (C=O) groups is 1. The number of anilines is 1. The summed E-state index contributed by atoms with van der Waals surface area (Å²) < 4.78 is 6.57. The number of hydrogen-bond acceptors (Lipinski definition) is 2. The van der Waals surface area contributed by atoms with E-state index in [-0.39, 0.29) is 5.91 Å². The highest BCUT2D eigenvalue weighted by Gasteiger charge is 2.09. The first kappa shape index (κ1) is 16.3. The first-order valence-corrected chi connectivity index (χ1v) is 8.31. The number of halogens is 1. The first-order valence-electron chi connectivity index (χ1n) is 7.52. The molecule has 3 rings (SSSR count). The highest BCUT2D eigenvalue weighted by Crippen LogP contribution is 2.24. The minimum absolute atomic E-state index is 0.158. The average molecular weight is 382 g/mol. The van der Waals surface area contributed by atoms with E-state index in [1.165, 1.54) is 0 Å². The number of rotatable bonds is 4. The van der Waals surface area contributed by atoms with Gasteiger partial charge in [0, 0.05) is 10.2 Å². The molecule has 24 heavy (non-hydrogen) atoms. The molecular formula is C20H16BrNO2. The lowest BCUT2D eigenvalue weighted by atomic mass is 10.2. The lowest BCUT2D eigenvalue weighted by Gasteiger charge is -2.09. The summed E-state index contributed by atoms with van der Waals surface area (Å²) in [6, 6.07) is 22.5. The third-order valence-electron chi connectivity index (χ3n) is 3.46. The number of ether oxygens (including phenoxy) is 1. The van der Waals surface area contributed by atoms with Gasteiger partial charge in [-0.1, -0.05) is 24.3 Å². The van der Waals surface area contributed by atoms with Gasteiger partial charge in [-0.2, -0.15) is 0 Å². The van der Waals surface area contributed by atoms with Crippen LogP contribution in [0.1, 0.15) is 15.9 Å². The van der Waals surface area contributed by atoms with Crippen molar-refractivity contribution in [3.05, 3.63) is 88.4 Å². The quantitative estimate of drug-likeness (QED) is 0.619. The van der Waals surface area contributed by atoms with Crippen LogP contribution in [-0.4, -0.2) is 5.91 Å². The molecule has 0 saturated heterocycles. The SMILES string of the molecule is Cc1cccc(Oc2ccc(NC(=O)c3ccccc3Br)cc2)c1. The van der Waals surface area contributed by atoms with Crippen LogP contribution in [0, 0.1) is 6.92 Å². The maximum atomic E-state index is 12.3. The molecule has 0 spiro atoms. The van der Waals surface area contributed by atoms with Crippen molar-refractivity contribution in [3.63, 3.8) is 0 Å². The Morgan fingerprint density at radius 1 is 0.917 bits per heavy atom. The van der Waals surface area contributed by atoms with Crippen molar-refractivity contribution in [1.82, 2.24) is 0 Å². The van der Waals surface area contributed by atoms with Crippen molar-refractivity contribution in [2.75, 3.05) is 5.32 Å². The summed E-state index contributed by atoms with van der Waals surface area (Å²) in [6.07, 6.45) is 0. The van der Waals surface area contributed by atoms with Crippen LogP contribution < -0.4 is 10.1 Å². The molecule has 0 bridgehead atoms. The lowest BCUT2D eigenvalue weighted by molar-refractivity contribution is 0.102. The summed E-state index contributed by atoms with van der Waals surface area (Å²) >= 11 is 3.38. The summed E-state index contributed by atoms with van der Waals surface area (Å²) in [7, 11) is 0. The Balaban J connectivity index is 1.68. The van der Waals surface area contributed by atoms with Crippen LogP contribution in [0.25, 0.3) is 0 Å². The van der Waals surface area contributed by atoms with Gasteiger partial charge in [-0.3, -0.25) is 4.79 Å². The second-order valence-electron chi connectivity index (χ2n) is 5.38. The van der Waals surface area contributed by atoms with Gasteiger partial charge in [-0.05, 0) is 76.9 Å². The van der Waals surface area contributed by atoms with Gasteiger partial charge in [-0.15, -0.1) is 0 Å². The van der Waals surface area contributed by atoms with E-state index in [0.29, 0.717) is 11.3 Å². The van der Waals surface area contributed by atoms with Crippen molar-refractivity contribution in [1.29, 1.82) is 0 Å². The Morgan fingerprint density at radius 3 is 2.38 bits per heavy atom. The number of hydrogen-bond donors (Lipinski definition) is 1. The number of amides is 1. The molecule has 0 radical (unpaired) electrons. The highest BCUT2D eigenvalue weighted by molar-refractivity contribution is 9.10. The van der Waals surface area contributed by atoms with Gasteiger partial charge >= 0.3 is 0 Å². The van der Waals surface area contributed by atoms with Crippen LogP contribution in [0.3, 0.4) is 0 Å². The van der Waals surface area contributed by atoms with E-state index < -0.39 is 0 Å². The largest absolute Gasteiger partial charge is 0.457 e. The van der Waals surface area contributed by atoms with Crippen molar-refractivity contribution in [3.8, 4) is 11.5 Å². The Bertz CT molecular complexity index is 860. The molecule has 3 nitrogen and oxygen atoms in total. The third-order valence-corrected chi connectivity index (χ3v) is 4.15. The molecule has 0 atom stereocenters. The minimum atomic E-state index is -0.158. The van der Waals surface area contributed by atoms with E-state index in [0.717, 1.165) is 21.5 Å². The molecule has 0 heterocycles. The molecule has 3 aromatic rings. The Kier molecular flexibility index (Phi) is 4.96. The van der Waals surface area contributed by atoms with Gasteiger partial charge in [0.05, 0.1) is 5.56 Å². The van der Waals surface area contributed by atoms with Crippen LogP contribution in [0.2, 0.25) is 0 Å². The molecule has 0 aromatic heterocycles. The normalized spacial score (nSPS) is 10.2. The van der Waals surface area contributed by atoms with E-state index in [1.807, 2.05) is 73.7 Å². The third kappa shape index (κ3) is 4.03. The maximum Gasteiger partial charge on any atom is 0.256 e. The molecule has 0 unspecified atom stereocenters. The van der Waals surface area contributed by atoms with Gasteiger partial charge < -0.3 is 10.1 Å². The summed E-state index contributed by atoms with van der Waals surface area (Å²) in [4.78, 5) is 12.3. The Hall–Kier alpha value is -2.59. The van der Waals surface area contributed by atoms with Gasteiger partial charge in [0.2, 0.25) is 0 Å². The minimum Gasteiger partial charge on any atom is -0.457 e. The van der Waals surface area contributed by atoms with Crippen LogP contribution in [0.5, 0.6) is 11.5 Å². The zero-order valence-corrected chi connectivity index (χ0v) is 14.7. The molecule has 0 aliphatic rings. The fourth-order valence-corrected chi connectivity index (χ4v) is 2.73.